The van der Waals surface area contributed by atoms with Crippen molar-refractivity contribution in [1.82, 2.24) is 19.9 Å². The highest BCUT2D eigenvalue weighted by Gasteiger charge is 2.32. The standard InChI is InChI=1S/C37H39ClFN5O5/c1-20-22(7-6-10-27(20)42-36(45)35-41-28-19-43(2)16-15-29(28)44(35)3)23-8-5-9-25-24(23)13-14-30(25)48-32-17-31(47-4)26(34(39)33(32)38)18-40-49-37(46)21-11-12-21/h5-10,17,21,30,40H,11-16,18-19H2,1-4H3,(H,42,45). The molecule has 12 heteroatoms. The van der Waals surface area contributed by atoms with E-state index in [0.717, 1.165) is 83.7 Å². The number of hydrogen-bond donors (Lipinski definition) is 2. The van der Waals surface area contributed by atoms with E-state index >= 15 is 4.39 Å². The molecule has 2 aliphatic carbocycles. The number of aromatic nitrogens is 2. The van der Waals surface area contributed by atoms with E-state index in [4.69, 9.17) is 25.9 Å². The first-order valence-corrected chi connectivity index (χ1v) is 16.9. The smallest absolute Gasteiger partial charge is 0.327 e. The SMILES string of the molecule is COc1cc(OC2CCc3c(-c4cccc(NC(=O)c5nc6c(n5C)CCN(C)C6)c4C)cccc32)c(Cl)c(F)c1CNOC(=O)C1CC1. The van der Waals surface area contributed by atoms with Gasteiger partial charge in [-0.3, -0.25) is 9.59 Å². The van der Waals surface area contributed by atoms with Crippen LogP contribution in [0.2, 0.25) is 5.02 Å². The number of rotatable bonds is 10. The molecule has 1 fully saturated rings. The average molecular weight is 688 g/mol. The minimum Gasteiger partial charge on any atom is -0.496 e. The Morgan fingerprint density at radius 2 is 1.84 bits per heavy atom. The van der Waals surface area contributed by atoms with Gasteiger partial charge in [0.05, 0.1) is 25.3 Å². The van der Waals surface area contributed by atoms with Crippen LogP contribution >= 0.6 is 11.6 Å². The van der Waals surface area contributed by atoms with Crippen LogP contribution in [0.25, 0.3) is 11.1 Å². The Morgan fingerprint density at radius 1 is 1.06 bits per heavy atom. The number of amides is 1. The van der Waals surface area contributed by atoms with Gasteiger partial charge < -0.3 is 29.1 Å². The molecule has 10 nitrogen and oxygen atoms in total. The van der Waals surface area contributed by atoms with E-state index in [2.05, 4.69) is 39.9 Å². The van der Waals surface area contributed by atoms with Gasteiger partial charge in [0.1, 0.15) is 22.6 Å². The van der Waals surface area contributed by atoms with Crippen LogP contribution in [0.5, 0.6) is 11.5 Å². The molecule has 1 atom stereocenters. The summed E-state index contributed by atoms with van der Waals surface area (Å²) < 4.78 is 29.3. The number of benzene rings is 3. The second-order valence-electron chi connectivity index (χ2n) is 13.0. The van der Waals surface area contributed by atoms with Crippen LogP contribution in [0.4, 0.5) is 10.1 Å². The summed E-state index contributed by atoms with van der Waals surface area (Å²) in [5.74, 6) is -0.594. The molecule has 2 N–H and O–H groups in total. The molecule has 0 saturated heterocycles. The number of nitrogens with one attached hydrogen (secondary N) is 2. The Labute approximate surface area is 289 Å². The Bertz CT molecular complexity index is 1960. The van der Waals surface area contributed by atoms with Crippen LogP contribution < -0.4 is 20.3 Å². The molecule has 1 amide bonds. The highest BCUT2D eigenvalue weighted by Crippen LogP contribution is 2.44. The van der Waals surface area contributed by atoms with Gasteiger partial charge in [0, 0.05) is 49.6 Å². The first-order chi connectivity index (χ1) is 23.6. The van der Waals surface area contributed by atoms with Crippen molar-refractivity contribution in [2.45, 2.75) is 58.2 Å². The number of likely N-dealkylation sites (N-methyl/N-ethyl adjacent to an activating group) is 1. The molecule has 2 heterocycles. The van der Waals surface area contributed by atoms with Crippen LogP contribution in [0, 0.1) is 18.7 Å². The first-order valence-electron chi connectivity index (χ1n) is 16.6. The minimum absolute atomic E-state index is 0.0905. The highest BCUT2D eigenvalue weighted by atomic mass is 35.5. The maximum atomic E-state index is 15.5. The van der Waals surface area contributed by atoms with E-state index in [1.165, 1.54) is 7.11 Å². The van der Waals surface area contributed by atoms with Crippen LogP contribution in [-0.4, -0.2) is 47.0 Å². The van der Waals surface area contributed by atoms with Gasteiger partial charge in [0.25, 0.3) is 5.91 Å². The molecule has 256 valence electrons. The van der Waals surface area contributed by atoms with Gasteiger partial charge in [-0.15, -0.1) is 5.48 Å². The van der Waals surface area contributed by atoms with Gasteiger partial charge in [-0.1, -0.05) is 41.9 Å². The lowest BCUT2D eigenvalue weighted by Gasteiger charge is -2.21. The lowest BCUT2D eigenvalue weighted by Crippen LogP contribution is -2.27. The number of carbonyl (C=O) groups excluding carboxylic acids is 2. The summed E-state index contributed by atoms with van der Waals surface area (Å²) >= 11 is 6.50. The lowest BCUT2D eigenvalue weighted by atomic mass is 9.93. The van der Waals surface area contributed by atoms with Crippen LogP contribution in [-0.2, 0) is 42.6 Å². The molecule has 1 unspecified atom stereocenters. The summed E-state index contributed by atoms with van der Waals surface area (Å²) in [7, 11) is 5.39. The van der Waals surface area contributed by atoms with Crippen molar-refractivity contribution in [3.05, 3.63) is 92.8 Å². The second kappa shape index (κ2) is 13.5. The molecular weight excluding hydrogens is 649 g/mol. The van der Waals surface area contributed by atoms with Crippen molar-refractivity contribution < 1.29 is 28.3 Å². The van der Waals surface area contributed by atoms with Crippen molar-refractivity contribution >= 4 is 29.2 Å². The molecule has 1 saturated carbocycles. The molecular formula is C37H39ClFN5O5. The molecule has 0 bridgehead atoms. The van der Waals surface area contributed by atoms with E-state index in [9.17, 15) is 9.59 Å². The molecule has 3 aromatic carbocycles. The molecule has 0 spiro atoms. The largest absolute Gasteiger partial charge is 0.496 e. The van der Waals surface area contributed by atoms with Gasteiger partial charge in [-0.2, -0.15) is 0 Å². The summed E-state index contributed by atoms with van der Waals surface area (Å²) in [6.45, 7) is 3.56. The van der Waals surface area contributed by atoms with Crippen molar-refractivity contribution in [1.29, 1.82) is 0 Å². The molecule has 7 rings (SSSR count). The summed E-state index contributed by atoms with van der Waals surface area (Å²) in [5.41, 5.74) is 10.5. The van der Waals surface area contributed by atoms with E-state index < -0.39 is 5.82 Å². The number of fused-ring (bicyclic) bond motifs is 2. The molecule has 1 aromatic heterocycles. The van der Waals surface area contributed by atoms with E-state index in [0.29, 0.717) is 12.2 Å². The van der Waals surface area contributed by atoms with Crippen molar-refractivity contribution in [3.8, 4) is 22.6 Å². The lowest BCUT2D eigenvalue weighted by molar-refractivity contribution is -0.153. The third kappa shape index (κ3) is 6.38. The zero-order chi connectivity index (χ0) is 34.4. The summed E-state index contributed by atoms with van der Waals surface area (Å²) in [5, 5.41) is 2.94. The maximum Gasteiger partial charge on any atom is 0.327 e. The Balaban J connectivity index is 1.10. The number of hydroxylamine groups is 1. The number of halogens is 2. The average Bonchev–Trinajstić information content (AvgIpc) is 3.80. The predicted molar refractivity (Wildman–Crippen MR) is 183 cm³/mol. The normalized spacial score (nSPS) is 17.0. The number of ether oxygens (including phenoxy) is 2. The number of hydrogen-bond acceptors (Lipinski definition) is 8. The number of methoxy groups -OCH3 is 1. The minimum atomic E-state index is -0.703. The molecule has 4 aromatic rings. The van der Waals surface area contributed by atoms with Crippen molar-refractivity contribution in [2.24, 2.45) is 13.0 Å². The van der Waals surface area contributed by atoms with Gasteiger partial charge in [0.2, 0.25) is 0 Å². The zero-order valence-electron chi connectivity index (χ0n) is 28.0. The number of anilines is 1. The maximum absolute atomic E-state index is 15.5. The number of carbonyl (C=O) groups is 2. The Kier molecular flexibility index (Phi) is 9.08. The molecule has 49 heavy (non-hydrogen) atoms. The summed E-state index contributed by atoms with van der Waals surface area (Å²) in [6, 6.07) is 13.5. The van der Waals surface area contributed by atoms with Crippen LogP contribution in [0.1, 0.15) is 69.6 Å². The summed E-state index contributed by atoms with van der Waals surface area (Å²) in [6.07, 6.45) is 3.51. The third-order valence-electron chi connectivity index (χ3n) is 9.79. The monoisotopic (exact) mass is 687 g/mol. The fourth-order valence-electron chi connectivity index (χ4n) is 6.88. The fourth-order valence-corrected chi connectivity index (χ4v) is 7.09. The topological polar surface area (TPSA) is 107 Å². The van der Waals surface area contributed by atoms with Gasteiger partial charge in [0.15, 0.2) is 11.6 Å². The van der Waals surface area contributed by atoms with Crippen LogP contribution in [0.3, 0.4) is 0 Å². The fraction of sp³-hybridized carbons (Fsp3) is 0.378. The van der Waals surface area contributed by atoms with Crippen LogP contribution in [0.15, 0.2) is 42.5 Å². The number of imidazole rings is 1. The van der Waals surface area contributed by atoms with E-state index in [1.807, 2.05) is 42.8 Å². The molecule has 0 radical (unpaired) electrons. The Morgan fingerprint density at radius 3 is 2.61 bits per heavy atom. The number of nitrogens with zero attached hydrogens (tertiary/aromatic N) is 3. The van der Waals surface area contributed by atoms with Crippen molar-refractivity contribution in [2.75, 3.05) is 26.0 Å². The summed E-state index contributed by atoms with van der Waals surface area (Å²) in [4.78, 5) is 37.3. The molecule has 3 aliphatic rings. The zero-order valence-corrected chi connectivity index (χ0v) is 28.7. The quantitative estimate of drug-likeness (QED) is 0.183. The van der Waals surface area contributed by atoms with Crippen molar-refractivity contribution in [3.63, 3.8) is 0 Å². The van der Waals surface area contributed by atoms with Gasteiger partial charge in [-0.05, 0) is 73.5 Å². The molecule has 1 aliphatic heterocycles. The Hall–Kier alpha value is -4.45. The first kappa shape index (κ1) is 33.1. The van der Waals surface area contributed by atoms with Gasteiger partial charge >= 0.3 is 5.97 Å². The van der Waals surface area contributed by atoms with E-state index in [-0.39, 0.29) is 52.5 Å². The highest BCUT2D eigenvalue weighted by molar-refractivity contribution is 6.32. The predicted octanol–water partition coefficient (Wildman–Crippen LogP) is 6.46. The van der Waals surface area contributed by atoms with Gasteiger partial charge in [-0.25, -0.2) is 9.37 Å². The van der Waals surface area contributed by atoms with E-state index in [1.54, 1.807) is 6.07 Å². The second-order valence-corrected chi connectivity index (χ2v) is 13.4. The third-order valence-corrected chi connectivity index (χ3v) is 10.1.